The lowest BCUT2D eigenvalue weighted by Gasteiger charge is -2.12. The van der Waals surface area contributed by atoms with Crippen LogP contribution < -0.4 is 5.73 Å². The predicted octanol–water partition coefficient (Wildman–Crippen LogP) is 2.75. The van der Waals surface area contributed by atoms with Crippen molar-refractivity contribution in [3.8, 4) is 0 Å². The fourth-order valence-electron chi connectivity index (χ4n) is 2.30. The molecule has 0 aliphatic heterocycles. The van der Waals surface area contributed by atoms with Crippen LogP contribution in [0.15, 0.2) is 22.9 Å². The van der Waals surface area contributed by atoms with E-state index in [1.807, 2.05) is 32.3 Å². The topological polar surface area (TPSA) is 57.0 Å². The van der Waals surface area contributed by atoms with E-state index in [0.29, 0.717) is 0 Å². The molecular formula is C14H21N3O. The molecule has 2 aromatic heterocycles. The van der Waals surface area contributed by atoms with Gasteiger partial charge in [0.05, 0.1) is 0 Å². The molecule has 98 valence electrons. The Balaban J connectivity index is 2.13. The molecular weight excluding hydrogens is 226 g/mol. The number of hydrogen-bond donors (Lipinski definition) is 1. The van der Waals surface area contributed by atoms with Crippen molar-refractivity contribution in [2.24, 2.45) is 5.73 Å². The number of aryl methyl sites for hydroxylation is 3. The van der Waals surface area contributed by atoms with E-state index < -0.39 is 0 Å². The Labute approximate surface area is 108 Å². The van der Waals surface area contributed by atoms with Gasteiger partial charge in [-0.15, -0.1) is 0 Å². The van der Waals surface area contributed by atoms with Crippen molar-refractivity contribution >= 4 is 0 Å². The summed E-state index contributed by atoms with van der Waals surface area (Å²) in [5.41, 5.74) is 7.33. The van der Waals surface area contributed by atoms with E-state index in [1.54, 1.807) is 0 Å². The SMILES string of the molecule is CCCn1ccnc1CC(N)c1cc(C)oc1C. The van der Waals surface area contributed by atoms with Crippen LogP contribution in [0.4, 0.5) is 0 Å². The second-order valence-corrected chi connectivity index (χ2v) is 4.72. The van der Waals surface area contributed by atoms with E-state index in [4.69, 9.17) is 10.2 Å². The van der Waals surface area contributed by atoms with Crippen molar-refractivity contribution in [2.45, 2.75) is 46.2 Å². The summed E-state index contributed by atoms with van der Waals surface area (Å²) in [6.07, 6.45) is 5.69. The molecule has 4 heteroatoms. The van der Waals surface area contributed by atoms with Gasteiger partial charge in [0, 0.05) is 37.0 Å². The van der Waals surface area contributed by atoms with Gasteiger partial charge in [-0.05, 0) is 26.3 Å². The third-order valence-electron chi connectivity index (χ3n) is 3.15. The van der Waals surface area contributed by atoms with Crippen LogP contribution in [-0.2, 0) is 13.0 Å². The van der Waals surface area contributed by atoms with E-state index in [2.05, 4.69) is 16.5 Å². The number of nitrogens with two attached hydrogens (primary N) is 1. The van der Waals surface area contributed by atoms with Crippen molar-refractivity contribution < 1.29 is 4.42 Å². The Morgan fingerprint density at radius 3 is 2.83 bits per heavy atom. The minimum atomic E-state index is -0.0551. The zero-order chi connectivity index (χ0) is 13.1. The first-order valence-corrected chi connectivity index (χ1v) is 6.44. The van der Waals surface area contributed by atoms with E-state index >= 15 is 0 Å². The first-order valence-electron chi connectivity index (χ1n) is 6.44. The Bertz CT molecular complexity index is 513. The van der Waals surface area contributed by atoms with Crippen molar-refractivity contribution in [1.82, 2.24) is 9.55 Å². The van der Waals surface area contributed by atoms with Crippen molar-refractivity contribution in [3.05, 3.63) is 41.4 Å². The molecule has 1 atom stereocenters. The molecule has 2 aromatic rings. The number of rotatable bonds is 5. The minimum absolute atomic E-state index is 0.0551. The van der Waals surface area contributed by atoms with Crippen molar-refractivity contribution in [1.29, 1.82) is 0 Å². The monoisotopic (exact) mass is 247 g/mol. The van der Waals surface area contributed by atoms with Crippen LogP contribution >= 0.6 is 0 Å². The first kappa shape index (κ1) is 12.9. The molecule has 0 bridgehead atoms. The molecule has 0 aromatic carbocycles. The fourth-order valence-corrected chi connectivity index (χ4v) is 2.30. The maximum Gasteiger partial charge on any atom is 0.110 e. The van der Waals surface area contributed by atoms with E-state index in [-0.39, 0.29) is 6.04 Å². The van der Waals surface area contributed by atoms with Crippen LogP contribution in [0.5, 0.6) is 0 Å². The minimum Gasteiger partial charge on any atom is -0.466 e. The molecule has 0 aliphatic carbocycles. The van der Waals surface area contributed by atoms with Gasteiger partial charge in [0.15, 0.2) is 0 Å². The fraction of sp³-hybridized carbons (Fsp3) is 0.500. The van der Waals surface area contributed by atoms with Gasteiger partial charge in [-0.3, -0.25) is 0 Å². The average molecular weight is 247 g/mol. The van der Waals surface area contributed by atoms with Crippen molar-refractivity contribution in [3.63, 3.8) is 0 Å². The maximum atomic E-state index is 6.25. The summed E-state index contributed by atoms with van der Waals surface area (Å²) in [7, 11) is 0. The normalized spacial score (nSPS) is 12.9. The number of imidazole rings is 1. The summed E-state index contributed by atoms with van der Waals surface area (Å²) >= 11 is 0. The number of furan rings is 1. The first-order chi connectivity index (χ1) is 8.61. The molecule has 0 saturated carbocycles. The van der Waals surface area contributed by atoms with Crippen LogP contribution in [0, 0.1) is 13.8 Å². The van der Waals surface area contributed by atoms with Gasteiger partial charge in [0.2, 0.25) is 0 Å². The molecule has 2 heterocycles. The molecule has 2 N–H and O–H groups in total. The lowest BCUT2D eigenvalue weighted by atomic mass is 10.0. The second-order valence-electron chi connectivity index (χ2n) is 4.72. The molecule has 4 nitrogen and oxygen atoms in total. The third kappa shape index (κ3) is 2.64. The number of nitrogens with zero attached hydrogens (tertiary/aromatic N) is 2. The van der Waals surface area contributed by atoms with E-state index in [1.165, 1.54) is 0 Å². The quantitative estimate of drug-likeness (QED) is 0.883. The highest BCUT2D eigenvalue weighted by atomic mass is 16.3. The second kappa shape index (κ2) is 5.40. The van der Waals surface area contributed by atoms with Gasteiger partial charge in [-0.2, -0.15) is 0 Å². The summed E-state index contributed by atoms with van der Waals surface area (Å²) in [6.45, 7) is 7.06. The van der Waals surface area contributed by atoms with Crippen LogP contribution in [0.2, 0.25) is 0 Å². The molecule has 0 fully saturated rings. The Kier molecular flexibility index (Phi) is 3.87. The zero-order valence-corrected chi connectivity index (χ0v) is 11.3. The number of aromatic nitrogens is 2. The predicted molar refractivity (Wildman–Crippen MR) is 71.3 cm³/mol. The molecule has 0 aliphatic rings. The van der Waals surface area contributed by atoms with Gasteiger partial charge in [-0.1, -0.05) is 6.92 Å². The summed E-state index contributed by atoms with van der Waals surface area (Å²) in [5, 5.41) is 0. The maximum absolute atomic E-state index is 6.25. The summed E-state index contributed by atoms with van der Waals surface area (Å²) in [6, 6.07) is 1.97. The highest BCUT2D eigenvalue weighted by Crippen LogP contribution is 2.22. The zero-order valence-electron chi connectivity index (χ0n) is 11.3. The summed E-state index contributed by atoms with van der Waals surface area (Å²) in [5.74, 6) is 2.87. The highest BCUT2D eigenvalue weighted by Gasteiger charge is 2.16. The molecule has 2 rings (SSSR count). The van der Waals surface area contributed by atoms with Crippen molar-refractivity contribution in [2.75, 3.05) is 0 Å². The van der Waals surface area contributed by atoms with Crippen LogP contribution in [0.25, 0.3) is 0 Å². The third-order valence-corrected chi connectivity index (χ3v) is 3.15. The molecule has 0 spiro atoms. The van der Waals surface area contributed by atoms with E-state index in [9.17, 15) is 0 Å². The van der Waals surface area contributed by atoms with Gasteiger partial charge < -0.3 is 14.7 Å². The van der Waals surface area contributed by atoms with Crippen LogP contribution in [0.1, 0.15) is 42.3 Å². The highest BCUT2D eigenvalue weighted by molar-refractivity contribution is 5.24. The smallest absolute Gasteiger partial charge is 0.110 e. The van der Waals surface area contributed by atoms with Crippen LogP contribution in [0.3, 0.4) is 0 Å². The Morgan fingerprint density at radius 2 is 2.22 bits per heavy atom. The van der Waals surface area contributed by atoms with Gasteiger partial charge in [-0.25, -0.2) is 4.98 Å². The standard InChI is InChI=1S/C14H21N3O/c1-4-6-17-7-5-16-14(17)9-13(15)12-8-10(2)18-11(12)3/h5,7-8,13H,4,6,9,15H2,1-3H3. The number of hydrogen-bond acceptors (Lipinski definition) is 3. The van der Waals surface area contributed by atoms with Gasteiger partial charge >= 0.3 is 0 Å². The molecule has 0 radical (unpaired) electrons. The van der Waals surface area contributed by atoms with E-state index in [0.717, 1.165) is 42.3 Å². The van der Waals surface area contributed by atoms with Gasteiger partial charge in [0.1, 0.15) is 17.3 Å². The molecule has 18 heavy (non-hydrogen) atoms. The van der Waals surface area contributed by atoms with Crippen LogP contribution in [-0.4, -0.2) is 9.55 Å². The Hall–Kier alpha value is -1.55. The van der Waals surface area contributed by atoms with Gasteiger partial charge in [0.25, 0.3) is 0 Å². The average Bonchev–Trinajstić information content (AvgIpc) is 2.87. The Morgan fingerprint density at radius 1 is 1.44 bits per heavy atom. The summed E-state index contributed by atoms with van der Waals surface area (Å²) in [4.78, 5) is 4.39. The lowest BCUT2D eigenvalue weighted by Crippen LogP contribution is -2.16. The molecule has 0 saturated heterocycles. The molecule has 1 unspecified atom stereocenters. The summed E-state index contributed by atoms with van der Waals surface area (Å²) < 4.78 is 7.69. The largest absolute Gasteiger partial charge is 0.466 e. The lowest BCUT2D eigenvalue weighted by molar-refractivity contribution is 0.495. The molecule has 0 amide bonds.